The van der Waals surface area contributed by atoms with E-state index in [9.17, 15) is 0 Å². The fourth-order valence-corrected chi connectivity index (χ4v) is 10.1. The van der Waals surface area contributed by atoms with Crippen molar-refractivity contribution in [3.63, 3.8) is 0 Å². The van der Waals surface area contributed by atoms with Gasteiger partial charge in [0.15, 0.2) is 9.66 Å². The molecule has 6 heteroatoms. The van der Waals surface area contributed by atoms with E-state index in [-0.39, 0.29) is 0 Å². The van der Waals surface area contributed by atoms with Gasteiger partial charge in [0.2, 0.25) is 0 Å². The summed E-state index contributed by atoms with van der Waals surface area (Å²) in [7, 11) is 0. The lowest BCUT2D eigenvalue weighted by Gasteiger charge is -2.04. The molecule has 2 nitrogen and oxygen atoms in total. The molecule has 4 aromatic heterocycles. The molecule has 4 heterocycles. The number of fused-ring (bicyclic) bond motifs is 1. The highest BCUT2D eigenvalue weighted by Gasteiger charge is 2.19. The van der Waals surface area contributed by atoms with Crippen molar-refractivity contribution in [1.29, 1.82) is 0 Å². The summed E-state index contributed by atoms with van der Waals surface area (Å²) < 4.78 is 0. The molecule has 0 spiro atoms. The summed E-state index contributed by atoms with van der Waals surface area (Å²) in [5.41, 5.74) is 4.99. The lowest BCUT2D eigenvalue weighted by molar-refractivity contribution is 0.556. The first-order valence-electron chi connectivity index (χ1n) is 17.2. The Morgan fingerprint density at radius 1 is 0.548 bits per heavy atom. The Labute approximate surface area is 272 Å². The van der Waals surface area contributed by atoms with Crippen LogP contribution in [-0.4, -0.2) is 9.97 Å². The second-order valence-corrected chi connectivity index (χ2v) is 15.9. The third-order valence-electron chi connectivity index (χ3n) is 8.49. The normalized spacial score (nSPS) is 11.8. The molecule has 0 fully saturated rings. The summed E-state index contributed by atoms with van der Waals surface area (Å²) in [4.78, 5) is 16.1. The van der Waals surface area contributed by atoms with Crippen LogP contribution < -0.4 is 0 Å². The SMILES string of the molecule is CCCCCCCCCCCCc1ccsc1-c1cc(CCCCCCCCCCCC)c(-c2nc3scnc3s2)s1. The average Bonchev–Trinajstić information content (AvgIpc) is 3.79. The molecule has 0 N–H and O–H groups in total. The number of nitrogens with zero attached hydrogens (tertiary/aromatic N) is 2. The fraction of sp³-hybridized carbons (Fsp3) is 0.667. The third kappa shape index (κ3) is 11.1. The van der Waals surface area contributed by atoms with Crippen molar-refractivity contribution in [1.82, 2.24) is 9.97 Å². The summed E-state index contributed by atoms with van der Waals surface area (Å²) in [6, 6.07) is 4.91. The summed E-state index contributed by atoms with van der Waals surface area (Å²) in [6.07, 6.45) is 30.2. The zero-order valence-electron chi connectivity index (χ0n) is 26.4. The van der Waals surface area contributed by atoms with E-state index in [1.165, 1.54) is 166 Å². The number of thiophene rings is 2. The van der Waals surface area contributed by atoms with Crippen molar-refractivity contribution < 1.29 is 0 Å². The first-order valence-corrected chi connectivity index (χ1v) is 20.6. The van der Waals surface area contributed by atoms with Crippen LogP contribution in [0, 0.1) is 0 Å². The van der Waals surface area contributed by atoms with Gasteiger partial charge in [-0.25, -0.2) is 9.97 Å². The summed E-state index contributed by atoms with van der Waals surface area (Å²) in [6.45, 7) is 4.60. The number of hydrogen-bond donors (Lipinski definition) is 0. The van der Waals surface area contributed by atoms with Crippen LogP contribution in [0.1, 0.15) is 153 Å². The van der Waals surface area contributed by atoms with Crippen molar-refractivity contribution in [3.8, 4) is 19.6 Å². The van der Waals surface area contributed by atoms with Crippen molar-refractivity contribution in [2.75, 3.05) is 0 Å². The molecule has 0 amide bonds. The first-order chi connectivity index (χ1) is 20.8. The molecular weight excluding hydrogens is 589 g/mol. The summed E-state index contributed by atoms with van der Waals surface area (Å²) >= 11 is 7.35. The van der Waals surface area contributed by atoms with Gasteiger partial charge in [0.25, 0.3) is 0 Å². The van der Waals surface area contributed by atoms with Gasteiger partial charge in [0, 0.05) is 9.75 Å². The molecule has 4 aromatic rings. The van der Waals surface area contributed by atoms with Crippen molar-refractivity contribution >= 4 is 55.0 Å². The Balaban J connectivity index is 1.29. The molecule has 0 bridgehead atoms. The van der Waals surface area contributed by atoms with Crippen LogP contribution in [0.15, 0.2) is 23.0 Å². The number of rotatable bonds is 24. The van der Waals surface area contributed by atoms with Crippen molar-refractivity contribution in [3.05, 3.63) is 34.2 Å². The van der Waals surface area contributed by atoms with Gasteiger partial charge in [0.1, 0.15) is 5.01 Å². The van der Waals surface area contributed by atoms with E-state index in [0.717, 1.165) is 9.66 Å². The zero-order chi connectivity index (χ0) is 29.2. The maximum absolute atomic E-state index is 5.01. The predicted molar refractivity (Wildman–Crippen MR) is 193 cm³/mol. The summed E-state index contributed by atoms with van der Waals surface area (Å²) in [5.74, 6) is 0. The molecule has 42 heavy (non-hydrogen) atoms. The summed E-state index contributed by atoms with van der Waals surface area (Å²) in [5, 5.41) is 3.49. The molecule has 0 saturated carbocycles. The number of hydrogen-bond acceptors (Lipinski definition) is 6. The Morgan fingerprint density at radius 2 is 1.10 bits per heavy atom. The number of aromatic nitrogens is 2. The van der Waals surface area contributed by atoms with E-state index in [0.29, 0.717) is 0 Å². The van der Waals surface area contributed by atoms with Crippen LogP contribution in [-0.2, 0) is 12.8 Å². The lowest BCUT2D eigenvalue weighted by Crippen LogP contribution is -1.88. The van der Waals surface area contributed by atoms with Gasteiger partial charge in [-0.05, 0) is 54.3 Å². The van der Waals surface area contributed by atoms with Crippen LogP contribution in [0.5, 0.6) is 0 Å². The Hall–Kier alpha value is -1.08. The standard InChI is InChI=1S/C36H54N2S4/c1-3-5-7-9-11-13-15-17-19-21-23-29-25-26-39-32(29)31-27-30(24-22-20-18-16-14-12-10-8-6-4-2)33(41-31)34-38-36-35(42-34)37-28-40-36/h25-28H,3-24H2,1-2H3. The topological polar surface area (TPSA) is 25.8 Å². The van der Waals surface area contributed by atoms with Gasteiger partial charge in [-0.2, -0.15) is 0 Å². The first kappa shape index (κ1) is 33.8. The van der Waals surface area contributed by atoms with E-state index in [1.54, 1.807) is 28.2 Å². The Bertz CT molecular complexity index is 1220. The maximum atomic E-state index is 5.01. The molecule has 0 aromatic carbocycles. The quantitative estimate of drug-likeness (QED) is 0.0711. The van der Waals surface area contributed by atoms with Gasteiger partial charge in [-0.15, -0.1) is 34.0 Å². The average molecular weight is 643 g/mol. The highest BCUT2D eigenvalue weighted by molar-refractivity contribution is 7.30. The highest BCUT2D eigenvalue weighted by atomic mass is 32.1. The van der Waals surface area contributed by atoms with Crippen LogP contribution in [0.3, 0.4) is 0 Å². The van der Waals surface area contributed by atoms with Gasteiger partial charge in [-0.3, -0.25) is 0 Å². The molecule has 0 radical (unpaired) electrons. The van der Waals surface area contributed by atoms with Gasteiger partial charge in [-0.1, -0.05) is 141 Å². The molecule has 4 rings (SSSR count). The minimum absolute atomic E-state index is 1.09. The predicted octanol–water partition coefficient (Wildman–Crippen LogP) is 14.1. The van der Waals surface area contributed by atoms with Crippen LogP contribution in [0.25, 0.3) is 29.3 Å². The van der Waals surface area contributed by atoms with Crippen LogP contribution in [0.2, 0.25) is 0 Å². The Kier molecular flexibility index (Phi) is 16.1. The fourth-order valence-electron chi connectivity index (χ4n) is 5.94. The van der Waals surface area contributed by atoms with E-state index < -0.39 is 0 Å². The molecule has 0 aliphatic heterocycles. The number of aryl methyl sites for hydroxylation is 2. The molecule has 0 atom stereocenters. The van der Waals surface area contributed by atoms with Gasteiger partial charge < -0.3 is 0 Å². The Morgan fingerprint density at radius 3 is 1.67 bits per heavy atom. The second kappa shape index (κ2) is 20.0. The molecule has 0 aliphatic carbocycles. The van der Waals surface area contributed by atoms with Crippen molar-refractivity contribution in [2.45, 2.75) is 155 Å². The van der Waals surface area contributed by atoms with E-state index in [4.69, 9.17) is 4.98 Å². The second-order valence-electron chi connectivity index (χ2n) is 12.1. The molecule has 0 saturated heterocycles. The molecule has 0 aliphatic rings. The smallest absolute Gasteiger partial charge is 0.155 e. The van der Waals surface area contributed by atoms with Crippen molar-refractivity contribution in [2.24, 2.45) is 0 Å². The maximum Gasteiger partial charge on any atom is 0.155 e. The monoisotopic (exact) mass is 642 g/mol. The molecular formula is C36H54N2S4. The van der Waals surface area contributed by atoms with Gasteiger partial charge in [0.05, 0.1) is 10.4 Å². The number of thiazole rings is 2. The van der Waals surface area contributed by atoms with E-state index >= 15 is 0 Å². The minimum atomic E-state index is 1.09. The molecule has 0 unspecified atom stereocenters. The zero-order valence-corrected chi connectivity index (χ0v) is 29.7. The number of unbranched alkanes of at least 4 members (excludes halogenated alkanes) is 18. The van der Waals surface area contributed by atoms with Crippen LogP contribution >= 0.6 is 45.3 Å². The minimum Gasteiger partial charge on any atom is -0.232 e. The van der Waals surface area contributed by atoms with Crippen LogP contribution in [0.4, 0.5) is 0 Å². The van der Waals surface area contributed by atoms with Gasteiger partial charge >= 0.3 is 0 Å². The van der Waals surface area contributed by atoms with E-state index in [2.05, 4.69) is 36.3 Å². The molecule has 232 valence electrons. The van der Waals surface area contributed by atoms with E-state index in [1.807, 2.05) is 28.2 Å². The third-order valence-corrected chi connectivity index (χ3v) is 12.8. The largest absolute Gasteiger partial charge is 0.232 e. The highest BCUT2D eigenvalue weighted by Crippen LogP contribution is 2.44. The lowest BCUT2D eigenvalue weighted by atomic mass is 10.0.